The van der Waals surface area contributed by atoms with E-state index < -0.39 is 0 Å². The van der Waals surface area contributed by atoms with Crippen molar-refractivity contribution in [3.05, 3.63) is 0 Å². The molecule has 0 radical (unpaired) electrons. The SMILES string of the molecule is CC1CN(C2CCN(C(C)C)CC2)C1. The van der Waals surface area contributed by atoms with Crippen LogP contribution in [0.5, 0.6) is 0 Å². The molecule has 82 valence electrons. The van der Waals surface area contributed by atoms with Gasteiger partial charge in [-0.15, -0.1) is 0 Å². The third-order valence-electron chi connectivity index (χ3n) is 3.84. The quantitative estimate of drug-likeness (QED) is 0.664. The fraction of sp³-hybridized carbons (Fsp3) is 1.00. The summed E-state index contributed by atoms with van der Waals surface area (Å²) in [5.41, 5.74) is 0. The molecule has 2 saturated heterocycles. The van der Waals surface area contributed by atoms with E-state index in [1.807, 2.05) is 0 Å². The van der Waals surface area contributed by atoms with E-state index in [1.54, 1.807) is 0 Å². The van der Waals surface area contributed by atoms with Crippen molar-refractivity contribution in [3.63, 3.8) is 0 Å². The first kappa shape index (κ1) is 10.4. The second kappa shape index (κ2) is 4.19. The van der Waals surface area contributed by atoms with Crippen LogP contribution >= 0.6 is 0 Å². The van der Waals surface area contributed by atoms with Crippen LogP contribution in [0.3, 0.4) is 0 Å². The maximum atomic E-state index is 2.68. The van der Waals surface area contributed by atoms with Crippen LogP contribution in [-0.2, 0) is 0 Å². The van der Waals surface area contributed by atoms with E-state index in [2.05, 4.69) is 30.6 Å². The molecular weight excluding hydrogens is 172 g/mol. The van der Waals surface area contributed by atoms with Crippen molar-refractivity contribution in [3.8, 4) is 0 Å². The molecule has 2 rings (SSSR count). The summed E-state index contributed by atoms with van der Waals surface area (Å²) in [6.45, 7) is 12.3. The number of hydrogen-bond donors (Lipinski definition) is 0. The molecule has 0 saturated carbocycles. The number of hydrogen-bond acceptors (Lipinski definition) is 2. The van der Waals surface area contributed by atoms with E-state index in [0.717, 1.165) is 18.0 Å². The number of piperidine rings is 1. The Morgan fingerprint density at radius 1 is 1.07 bits per heavy atom. The average molecular weight is 196 g/mol. The van der Waals surface area contributed by atoms with Crippen molar-refractivity contribution in [2.45, 2.75) is 45.7 Å². The first-order chi connectivity index (χ1) is 6.66. The monoisotopic (exact) mass is 196 g/mol. The summed E-state index contributed by atoms with van der Waals surface area (Å²) < 4.78 is 0. The third kappa shape index (κ3) is 2.12. The molecule has 0 spiro atoms. The van der Waals surface area contributed by atoms with Crippen LogP contribution in [0.15, 0.2) is 0 Å². The van der Waals surface area contributed by atoms with Crippen molar-refractivity contribution < 1.29 is 0 Å². The lowest BCUT2D eigenvalue weighted by Crippen LogP contribution is -2.55. The zero-order valence-corrected chi connectivity index (χ0v) is 9.87. The summed E-state index contributed by atoms with van der Waals surface area (Å²) in [5, 5.41) is 0. The molecule has 2 aliphatic heterocycles. The van der Waals surface area contributed by atoms with Gasteiger partial charge in [0.15, 0.2) is 0 Å². The fourth-order valence-corrected chi connectivity index (χ4v) is 2.81. The average Bonchev–Trinajstić information content (AvgIpc) is 2.13. The van der Waals surface area contributed by atoms with Gasteiger partial charge in [-0.1, -0.05) is 6.92 Å². The summed E-state index contributed by atoms with van der Waals surface area (Å²) >= 11 is 0. The smallest absolute Gasteiger partial charge is 0.0120 e. The molecule has 0 aromatic rings. The van der Waals surface area contributed by atoms with Crippen LogP contribution < -0.4 is 0 Å². The van der Waals surface area contributed by atoms with Crippen molar-refractivity contribution in [2.75, 3.05) is 26.2 Å². The van der Waals surface area contributed by atoms with Crippen LogP contribution in [0, 0.1) is 5.92 Å². The predicted octanol–water partition coefficient (Wildman–Crippen LogP) is 1.81. The molecule has 0 aromatic heterocycles. The first-order valence-corrected chi connectivity index (χ1v) is 6.15. The molecule has 2 nitrogen and oxygen atoms in total. The Labute approximate surface area is 88.3 Å². The summed E-state index contributed by atoms with van der Waals surface area (Å²) in [6.07, 6.45) is 2.79. The van der Waals surface area contributed by atoms with Gasteiger partial charge < -0.3 is 4.90 Å². The van der Waals surface area contributed by atoms with Crippen molar-refractivity contribution in [1.82, 2.24) is 9.80 Å². The van der Waals surface area contributed by atoms with Gasteiger partial charge in [-0.2, -0.15) is 0 Å². The maximum Gasteiger partial charge on any atom is 0.0120 e. The van der Waals surface area contributed by atoms with Crippen molar-refractivity contribution in [1.29, 1.82) is 0 Å². The van der Waals surface area contributed by atoms with Crippen LogP contribution in [0.1, 0.15) is 33.6 Å². The molecule has 2 fully saturated rings. The molecule has 0 unspecified atom stereocenters. The summed E-state index contributed by atoms with van der Waals surface area (Å²) in [7, 11) is 0. The van der Waals surface area contributed by atoms with E-state index in [-0.39, 0.29) is 0 Å². The van der Waals surface area contributed by atoms with Crippen molar-refractivity contribution in [2.24, 2.45) is 5.92 Å². The standard InChI is InChI=1S/C12H24N2/c1-10(2)13-6-4-12(5-7-13)14-8-11(3)9-14/h10-12H,4-9H2,1-3H3. The zero-order valence-electron chi connectivity index (χ0n) is 9.87. The third-order valence-corrected chi connectivity index (χ3v) is 3.84. The second-order valence-corrected chi connectivity index (χ2v) is 5.42. The highest BCUT2D eigenvalue weighted by Gasteiger charge is 2.31. The van der Waals surface area contributed by atoms with Gasteiger partial charge in [0.1, 0.15) is 0 Å². The van der Waals surface area contributed by atoms with Crippen LogP contribution in [-0.4, -0.2) is 48.1 Å². The van der Waals surface area contributed by atoms with Gasteiger partial charge in [-0.25, -0.2) is 0 Å². The van der Waals surface area contributed by atoms with E-state index >= 15 is 0 Å². The molecule has 0 N–H and O–H groups in total. The van der Waals surface area contributed by atoms with Crippen molar-refractivity contribution >= 4 is 0 Å². The Morgan fingerprint density at radius 3 is 2.07 bits per heavy atom. The Morgan fingerprint density at radius 2 is 1.64 bits per heavy atom. The maximum absolute atomic E-state index is 2.68. The Kier molecular flexibility index (Phi) is 3.13. The van der Waals surface area contributed by atoms with E-state index in [4.69, 9.17) is 0 Å². The highest BCUT2D eigenvalue weighted by atomic mass is 15.2. The molecule has 2 aliphatic rings. The molecule has 2 heteroatoms. The molecule has 0 atom stereocenters. The van der Waals surface area contributed by atoms with E-state index in [9.17, 15) is 0 Å². The topological polar surface area (TPSA) is 6.48 Å². The lowest BCUT2D eigenvalue weighted by molar-refractivity contribution is 0.0208. The number of likely N-dealkylation sites (tertiary alicyclic amines) is 2. The molecule has 0 aromatic carbocycles. The minimum Gasteiger partial charge on any atom is -0.301 e. The molecule has 0 bridgehead atoms. The Hall–Kier alpha value is -0.0800. The Bertz CT molecular complexity index is 177. The normalized spacial score (nSPS) is 28.3. The number of nitrogens with zero attached hydrogens (tertiary/aromatic N) is 2. The minimum atomic E-state index is 0.742. The van der Waals surface area contributed by atoms with Gasteiger partial charge in [0.2, 0.25) is 0 Å². The minimum absolute atomic E-state index is 0.742. The van der Waals surface area contributed by atoms with Crippen LogP contribution in [0.2, 0.25) is 0 Å². The number of rotatable bonds is 2. The summed E-state index contributed by atoms with van der Waals surface area (Å²) in [4.78, 5) is 5.29. The first-order valence-electron chi connectivity index (χ1n) is 6.15. The van der Waals surface area contributed by atoms with E-state index in [1.165, 1.54) is 39.0 Å². The molecule has 0 aliphatic carbocycles. The Balaban J connectivity index is 1.73. The molecule has 0 amide bonds. The summed E-state index contributed by atoms with van der Waals surface area (Å²) in [6, 6.07) is 1.65. The fourth-order valence-electron chi connectivity index (χ4n) is 2.81. The molecular formula is C12H24N2. The zero-order chi connectivity index (χ0) is 10.1. The van der Waals surface area contributed by atoms with Crippen LogP contribution in [0.25, 0.3) is 0 Å². The largest absolute Gasteiger partial charge is 0.301 e. The predicted molar refractivity (Wildman–Crippen MR) is 60.5 cm³/mol. The van der Waals surface area contributed by atoms with Gasteiger partial charge in [0, 0.05) is 25.2 Å². The van der Waals surface area contributed by atoms with Gasteiger partial charge in [-0.3, -0.25) is 4.90 Å². The van der Waals surface area contributed by atoms with Gasteiger partial charge >= 0.3 is 0 Å². The van der Waals surface area contributed by atoms with E-state index in [0.29, 0.717) is 0 Å². The second-order valence-electron chi connectivity index (χ2n) is 5.42. The van der Waals surface area contributed by atoms with Gasteiger partial charge in [0.25, 0.3) is 0 Å². The van der Waals surface area contributed by atoms with Gasteiger partial charge in [0.05, 0.1) is 0 Å². The molecule has 14 heavy (non-hydrogen) atoms. The van der Waals surface area contributed by atoms with Crippen LogP contribution in [0.4, 0.5) is 0 Å². The lowest BCUT2D eigenvalue weighted by atomic mass is 9.94. The highest BCUT2D eigenvalue weighted by molar-refractivity contribution is 4.87. The molecule has 2 heterocycles. The lowest BCUT2D eigenvalue weighted by Gasteiger charge is -2.46. The summed E-state index contributed by atoms with van der Waals surface area (Å²) in [5.74, 6) is 0.957. The van der Waals surface area contributed by atoms with Gasteiger partial charge in [-0.05, 0) is 45.7 Å². The highest BCUT2D eigenvalue weighted by Crippen LogP contribution is 2.25.